The summed E-state index contributed by atoms with van der Waals surface area (Å²) in [6.07, 6.45) is 12.5. The highest BCUT2D eigenvalue weighted by atomic mass is 32.2. The van der Waals surface area contributed by atoms with Gasteiger partial charge in [0.05, 0.1) is 16.9 Å². The summed E-state index contributed by atoms with van der Waals surface area (Å²) in [6, 6.07) is 11.3. The molecule has 2 amide bonds. The van der Waals surface area contributed by atoms with Gasteiger partial charge >= 0.3 is 0 Å². The third-order valence-electron chi connectivity index (χ3n) is 8.46. The van der Waals surface area contributed by atoms with Gasteiger partial charge in [-0.15, -0.1) is 11.3 Å². The maximum Gasteiger partial charge on any atom is 0.236 e. The monoisotopic (exact) mass is 747 g/mol. The summed E-state index contributed by atoms with van der Waals surface area (Å²) in [4.78, 5) is 44.8. The fourth-order valence-electron chi connectivity index (χ4n) is 5.84. The molecule has 0 spiro atoms. The number of hydrogen-bond acceptors (Lipinski definition) is 10. The Morgan fingerprint density at radius 3 is 2.46 bits per heavy atom. The van der Waals surface area contributed by atoms with Gasteiger partial charge in [-0.05, 0) is 62.5 Å². The van der Waals surface area contributed by atoms with Crippen LogP contribution in [0, 0.1) is 6.92 Å². The van der Waals surface area contributed by atoms with Crippen LogP contribution in [0.25, 0.3) is 32.9 Å². The second kappa shape index (κ2) is 20.1. The highest BCUT2D eigenvalue weighted by Crippen LogP contribution is 2.40. The zero-order valence-electron chi connectivity index (χ0n) is 30.9. The molecule has 1 aromatic carbocycles. The van der Waals surface area contributed by atoms with Crippen molar-refractivity contribution in [3.8, 4) is 22.0 Å². The Bertz CT molecular complexity index is 1840. The van der Waals surface area contributed by atoms with Gasteiger partial charge in [-0.3, -0.25) is 24.6 Å². The van der Waals surface area contributed by atoms with Gasteiger partial charge in [-0.2, -0.15) is 16.9 Å². The maximum absolute atomic E-state index is 15.5. The number of thiazole rings is 1. The predicted molar refractivity (Wildman–Crippen MR) is 211 cm³/mol. The second-order valence-corrected chi connectivity index (χ2v) is 14.5. The van der Waals surface area contributed by atoms with Crippen molar-refractivity contribution in [3.63, 3.8) is 0 Å². The first kappa shape index (κ1) is 40.5. The molecule has 2 aliphatic rings. The number of H-pyrrole nitrogens is 1. The Kier molecular flexibility index (Phi) is 15.7. The molecule has 0 saturated carbocycles. The molecule has 2 aliphatic heterocycles. The van der Waals surface area contributed by atoms with E-state index < -0.39 is 5.67 Å². The second-order valence-electron chi connectivity index (χ2n) is 12.3. The minimum absolute atomic E-state index is 0.112. The third-order valence-corrected chi connectivity index (χ3v) is 10.7. The summed E-state index contributed by atoms with van der Waals surface area (Å²) in [5.74, 6) is 0.679. The standard InChI is InChI=1S/C19H24FN5OS2.C14H12N4O.C3H8.C2H6/c1-27-14-3-8-24(12-14)13-16(26)25-9-4-19(20,5-10-25)18-23-11-15(28-18)17-21-6-2-7-22-17;1-9-6-10(4-5-15-9)14-12-7-11(16-8-19)2-3-13(12)17-18-14;1-3-2;1-2/h2,6-7,11,14H,3-5,8-10,12-13H2,1H3;2-8H,1H3,(H,16,19)(H,17,18);3H2,1-2H3;1-2H3. The molecule has 0 aliphatic carbocycles. The van der Waals surface area contributed by atoms with Crippen LogP contribution in [0.2, 0.25) is 0 Å². The van der Waals surface area contributed by atoms with Crippen molar-refractivity contribution in [2.75, 3.05) is 44.3 Å². The van der Waals surface area contributed by atoms with Crippen molar-refractivity contribution in [1.82, 2.24) is 39.9 Å². The van der Waals surface area contributed by atoms with Crippen LogP contribution < -0.4 is 5.32 Å². The number of amides is 2. The smallest absolute Gasteiger partial charge is 0.236 e. The minimum atomic E-state index is -1.48. The number of aryl methyl sites for hydroxylation is 1. The van der Waals surface area contributed by atoms with E-state index in [4.69, 9.17) is 0 Å². The van der Waals surface area contributed by atoms with Gasteiger partial charge in [0.25, 0.3) is 0 Å². The quantitative estimate of drug-likeness (QED) is 0.153. The van der Waals surface area contributed by atoms with Crippen LogP contribution in [0.3, 0.4) is 0 Å². The van der Waals surface area contributed by atoms with Gasteiger partial charge < -0.3 is 10.2 Å². The number of likely N-dealkylation sites (tertiary alicyclic amines) is 2. The van der Waals surface area contributed by atoms with E-state index in [1.165, 1.54) is 17.8 Å². The van der Waals surface area contributed by atoms with Crippen molar-refractivity contribution in [1.29, 1.82) is 0 Å². The number of carbonyl (C=O) groups is 2. The zero-order chi connectivity index (χ0) is 37.5. The Morgan fingerprint density at radius 1 is 1.08 bits per heavy atom. The molecule has 1 unspecified atom stereocenters. The van der Waals surface area contributed by atoms with Gasteiger partial charge in [-0.1, -0.05) is 34.1 Å². The van der Waals surface area contributed by atoms with Crippen LogP contribution in [0.15, 0.2) is 61.2 Å². The lowest BCUT2D eigenvalue weighted by Crippen LogP contribution is -2.46. The van der Waals surface area contributed by atoms with Crippen LogP contribution >= 0.6 is 23.1 Å². The number of alkyl halides is 1. The fraction of sp³-hybridized carbons (Fsp3) is 0.447. The Hall–Kier alpha value is -4.27. The number of nitrogens with one attached hydrogen (secondary N) is 2. The van der Waals surface area contributed by atoms with Gasteiger partial charge in [-0.25, -0.2) is 19.3 Å². The van der Waals surface area contributed by atoms with Gasteiger partial charge in [0.2, 0.25) is 12.3 Å². The third kappa shape index (κ3) is 10.6. The number of halogens is 1. The summed E-state index contributed by atoms with van der Waals surface area (Å²) < 4.78 is 15.5. The van der Waals surface area contributed by atoms with Crippen molar-refractivity contribution in [2.24, 2.45) is 0 Å². The molecule has 7 rings (SSSR count). The van der Waals surface area contributed by atoms with Crippen LogP contribution in [0.4, 0.5) is 10.1 Å². The molecule has 52 heavy (non-hydrogen) atoms. The molecular weight excluding hydrogens is 698 g/mol. The number of pyridine rings is 1. The van der Waals surface area contributed by atoms with Crippen molar-refractivity contribution >= 4 is 52.0 Å². The van der Waals surface area contributed by atoms with E-state index in [9.17, 15) is 9.59 Å². The van der Waals surface area contributed by atoms with Crippen molar-refractivity contribution in [2.45, 2.75) is 71.2 Å². The number of nitrogens with zero attached hydrogens (tertiary/aromatic N) is 7. The molecule has 278 valence electrons. The van der Waals surface area contributed by atoms with Crippen LogP contribution in [-0.4, -0.2) is 96.5 Å². The predicted octanol–water partition coefficient (Wildman–Crippen LogP) is 7.77. The average Bonchev–Trinajstić information content (AvgIpc) is 3.95. The molecule has 2 fully saturated rings. The Labute approximate surface area is 314 Å². The largest absolute Gasteiger partial charge is 0.341 e. The Balaban J connectivity index is 0.000000219. The first-order valence-corrected chi connectivity index (χ1v) is 19.9. The van der Waals surface area contributed by atoms with E-state index in [0.29, 0.717) is 42.1 Å². The number of aromatic nitrogens is 6. The summed E-state index contributed by atoms with van der Waals surface area (Å²) in [5.41, 5.74) is 3.00. The lowest BCUT2D eigenvalue weighted by Gasteiger charge is -2.36. The molecule has 4 aromatic heterocycles. The van der Waals surface area contributed by atoms with E-state index in [0.717, 1.165) is 57.9 Å². The summed E-state index contributed by atoms with van der Waals surface area (Å²) in [6.45, 7) is 13.5. The van der Waals surface area contributed by atoms with Gasteiger partial charge in [0, 0.05) is 84.8 Å². The summed E-state index contributed by atoms with van der Waals surface area (Å²) >= 11 is 3.17. The summed E-state index contributed by atoms with van der Waals surface area (Å²) in [7, 11) is 0. The molecule has 2 saturated heterocycles. The highest BCUT2D eigenvalue weighted by Gasteiger charge is 2.40. The van der Waals surface area contributed by atoms with E-state index >= 15 is 4.39 Å². The van der Waals surface area contributed by atoms with Crippen molar-refractivity contribution in [3.05, 3.63) is 71.9 Å². The number of piperidine rings is 1. The fourth-order valence-corrected chi connectivity index (χ4v) is 7.55. The SMILES string of the molecule is CC.CCC.CSC1CCN(CC(=O)N2CCC(F)(c3ncc(-c4ncccn4)s3)CC2)C1.Cc1cc(-c2n[nH]c3ccc(NC=O)cc23)ccn1. The molecule has 5 aromatic rings. The topological polar surface area (TPSA) is 133 Å². The molecule has 2 N–H and O–H groups in total. The minimum Gasteiger partial charge on any atom is -0.341 e. The van der Waals surface area contributed by atoms with Gasteiger partial charge in [0.15, 0.2) is 11.5 Å². The molecule has 0 bridgehead atoms. The average molecular weight is 748 g/mol. The van der Waals surface area contributed by atoms with Gasteiger partial charge in [0.1, 0.15) is 10.7 Å². The van der Waals surface area contributed by atoms with Crippen LogP contribution in [-0.2, 0) is 15.3 Å². The molecule has 14 heteroatoms. The molecule has 11 nitrogen and oxygen atoms in total. The van der Waals surface area contributed by atoms with Crippen LogP contribution in [0.5, 0.6) is 0 Å². The highest BCUT2D eigenvalue weighted by molar-refractivity contribution is 7.99. The Morgan fingerprint density at radius 2 is 1.81 bits per heavy atom. The maximum atomic E-state index is 15.5. The van der Waals surface area contributed by atoms with E-state index in [1.807, 2.05) is 62.9 Å². The lowest BCUT2D eigenvalue weighted by molar-refractivity contribution is -0.135. The number of rotatable bonds is 8. The molecule has 6 heterocycles. The summed E-state index contributed by atoms with van der Waals surface area (Å²) in [5, 5.41) is 12.0. The normalized spacial score (nSPS) is 16.4. The number of hydrogen-bond donors (Lipinski definition) is 2. The first-order chi connectivity index (χ1) is 25.3. The number of carbonyl (C=O) groups excluding carboxylic acids is 2. The number of fused-ring (bicyclic) bond motifs is 1. The molecule has 1 atom stereocenters. The van der Waals surface area contributed by atoms with Crippen molar-refractivity contribution < 1.29 is 14.0 Å². The number of anilines is 1. The number of thioether (sulfide) groups is 1. The lowest BCUT2D eigenvalue weighted by atomic mass is 9.94. The first-order valence-electron chi connectivity index (χ1n) is 17.8. The number of aromatic amines is 1. The van der Waals surface area contributed by atoms with E-state index in [2.05, 4.69) is 60.5 Å². The molecule has 0 radical (unpaired) electrons. The van der Waals surface area contributed by atoms with Crippen LogP contribution in [0.1, 0.15) is 64.1 Å². The number of benzene rings is 1. The van der Waals surface area contributed by atoms with E-state index in [-0.39, 0.29) is 18.7 Å². The van der Waals surface area contributed by atoms with E-state index in [1.54, 1.807) is 35.8 Å². The molecular formula is C38H50FN9O2S2. The zero-order valence-corrected chi connectivity index (χ0v) is 32.6.